The maximum Gasteiger partial charge on any atom is 0.243 e. The molecule has 0 radical (unpaired) electrons. The van der Waals surface area contributed by atoms with Gasteiger partial charge in [0.1, 0.15) is 0 Å². The highest BCUT2D eigenvalue weighted by Gasteiger charge is 2.29. The summed E-state index contributed by atoms with van der Waals surface area (Å²) in [6, 6.07) is 10.9. The van der Waals surface area contributed by atoms with Crippen LogP contribution in [0.25, 0.3) is 0 Å². The van der Waals surface area contributed by atoms with Crippen molar-refractivity contribution in [1.82, 2.24) is 13.8 Å². The molecule has 2 rings (SSSR count). The number of ether oxygens (including phenoxy) is 1. The number of aryl methyl sites for hydroxylation is 1. The maximum atomic E-state index is 13.5. The number of benzene rings is 1. The van der Waals surface area contributed by atoms with Crippen LogP contribution < -0.4 is 0 Å². The van der Waals surface area contributed by atoms with E-state index in [1.54, 1.807) is 24.1 Å². The van der Waals surface area contributed by atoms with E-state index in [4.69, 9.17) is 4.74 Å². The minimum absolute atomic E-state index is 0.0705. The van der Waals surface area contributed by atoms with Gasteiger partial charge in [0.05, 0.1) is 24.6 Å². The third-order valence-electron chi connectivity index (χ3n) is 5.75. The van der Waals surface area contributed by atoms with Crippen LogP contribution in [-0.4, -0.2) is 61.4 Å². The van der Waals surface area contributed by atoms with Crippen LogP contribution in [0.1, 0.15) is 51.8 Å². The summed E-state index contributed by atoms with van der Waals surface area (Å²) in [6.07, 6.45) is 3.44. The van der Waals surface area contributed by atoms with Gasteiger partial charge in [-0.2, -0.15) is 4.31 Å². The highest BCUT2D eigenvalue weighted by atomic mass is 32.2. The Hall–Kier alpha value is -2.16. The molecule has 33 heavy (non-hydrogen) atoms. The molecule has 2 aromatic rings. The van der Waals surface area contributed by atoms with Crippen molar-refractivity contribution in [3.8, 4) is 0 Å². The first-order valence-electron chi connectivity index (χ1n) is 11.5. The normalized spacial score (nSPS) is 12.3. The van der Waals surface area contributed by atoms with E-state index in [1.165, 1.54) is 4.31 Å². The third-order valence-corrected chi connectivity index (χ3v) is 7.61. The van der Waals surface area contributed by atoms with Crippen LogP contribution in [0.4, 0.5) is 0 Å². The fourth-order valence-electron chi connectivity index (χ4n) is 3.50. The van der Waals surface area contributed by atoms with Crippen molar-refractivity contribution in [1.29, 1.82) is 0 Å². The topological polar surface area (TPSA) is 71.8 Å². The fourth-order valence-corrected chi connectivity index (χ4v) is 4.92. The molecule has 0 aliphatic rings. The Morgan fingerprint density at radius 3 is 2.27 bits per heavy atom. The van der Waals surface area contributed by atoms with Crippen molar-refractivity contribution >= 4 is 15.9 Å². The first-order valence-corrected chi connectivity index (χ1v) is 12.9. The van der Waals surface area contributed by atoms with E-state index >= 15 is 0 Å². The van der Waals surface area contributed by atoms with E-state index in [2.05, 4.69) is 20.8 Å². The van der Waals surface area contributed by atoms with Crippen LogP contribution >= 0.6 is 0 Å². The van der Waals surface area contributed by atoms with Gasteiger partial charge in [0, 0.05) is 39.1 Å². The molecule has 0 aliphatic carbocycles. The monoisotopic (exact) mass is 477 g/mol. The molecule has 0 bridgehead atoms. The Kier molecular flexibility index (Phi) is 9.70. The lowest BCUT2D eigenvalue weighted by Crippen LogP contribution is -2.44. The van der Waals surface area contributed by atoms with E-state index in [1.807, 2.05) is 49.0 Å². The van der Waals surface area contributed by atoms with Gasteiger partial charge in [0.25, 0.3) is 0 Å². The molecule has 0 unspecified atom stereocenters. The highest BCUT2D eigenvalue weighted by molar-refractivity contribution is 7.89. The molecule has 0 aliphatic heterocycles. The Bertz CT molecular complexity index is 991. The van der Waals surface area contributed by atoms with Crippen molar-refractivity contribution in [2.45, 2.75) is 57.4 Å². The molecule has 0 fully saturated rings. The van der Waals surface area contributed by atoms with Crippen LogP contribution in [0.3, 0.4) is 0 Å². The molecule has 0 N–H and O–H groups in total. The Morgan fingerprint density at radius 2 is 1.76 bits per heavy atom. The SMILES string of the molecule is CCCCN(CC(=O)N(CCOC)Cc1cccn1C)S(=O)(=O)c1ccc(C(C)(C)C)cc1. The quantitative estimate of drug-likeness (QED) is 0.466. The highest BCUT2D eigenvalue weighted by Crippen LogP contribution is 2.25. The molecule has 8 heteroatoms. The molecule has 1 amide bonds. The Labute approximate surface area is 199 Å². The molecular weight excluding hydrogens is 438 g/mol. The van der Waals surface area contributed by atoms with Gasteiger partial charge >= 0.3 is 0 Å². The van der Waals surface area contributed by atoms with Crippen molar-refractivity contribution in [3.05, 3.63) is 53.9 Å². The molecule has 1 aromatic heterocycles. The molecule has 184 valence electrons. The Balaban J connectivity index is 2.27. The second-order valence-electron chi connectivity index (χ2n) is 9.39. The van der Waals surface area contributed by atoms with Crippen LogP contribution in [0.5, 0.6) is 0 Å². The molecule has 0 spiro atoms. The first-order chi connectivity index (χ1) is 15.5. The molecular formula is C25H39N3O4S. The predicted molar refractivity (Wildman–Crippen MR) is 132 cm³/mol. The number of carbonyl (C=O) groups excluding carboxylic acids is 1. The number of methoxy groups -OCH3 is 1. The minimum Gasteiger partial charge on any atom is -0.383 e. The van der Waals surface area contributed by atoms with E-state index < -0.39 is 10.0 Å². The summed E-state index contributed by atoms with van der Waals surface area (Å²) in [5.74, 6) is -0.237. The van der Waals surface area contributed by atoms with Crippen LogP contribution in [0, 0.1) is 0 Å². The summed E-state index contributed by atoms with van der Waals surface area (Å²) in [4.78, 5) is 15.2. The van der Waals surface area contributed by atoms with Gasteiger partial charge in [0.15, 0.2) is 0 Å². The average molecular weight is 478 g/mol. The van der Waals surface area contributed by atoms with Gasteiger partial charge in [0.2, 0.25) is 15.9 Å². The van der Waals surface area contributed by atoms with Crippen molar-refractivity contribution in [3.63, 3.8) is 0 Å². The molecule has 0 saturated heterocycles. The van der Waals surface area contributed by atoms with Crippen molar-refractivity contribution in [2.75, 3.05) is 33.4 Å². The van der Waals surface area contributed by atoms with E-state index in [9.17, 15) is 13.2 Å². The van der Waals surface area contributed by atoms with Crippen molar-refractivity contribution in [2.24, 2.45) is 7.05 Å². The molecule has 0 saturated carbocycles. The molecule has 7 nitrogen and oxygen atoms in total. The zero-order valence-corrected chi connectivity index (χ0v) is 21.7. The second kappa shape index (κ2) is 11.8. The molecule has 1 aromatic carbocycles. The van der Waals surface area contributed by atoms with Crippen LogP contribution in [0.2, 0.25) is 0 Å². The number of rotatable bonds is 12. The molecule has 1 heterocycles. The number of hydrogen-bond donors (Lipinski definition) is 0. The van der Waals surface area contributed by atoms with E-state index in [0.29, 0.717) is 32.7 Å². The summed E-state index contributed by atoms with van der Waals surface area (Å²) in [6.45, 7) is 9.54. The lowest BCUT2D eigenvalue weighted by Gasteiger charge is -2.27. The number of aromatic nitrogens is 1. The predicted octanol–water partition coefficient (Wildman–Crippen LogP) is 3.79. The lowest BCUT2D eigenvalue weighted by molar-refractivity contribution is -0.132. The van der Waals surface area contributed by atoms with E-state index in [0.717, 1.165) is 17.7 Å². The van der Waals surface area contributed by atoms with Crippen molar-refractivity contribution < 1.29 is 17.9 Å². The Morgan fingerprint density at radius 1 is 1.09 bits per heavy atom. The summed E-state index contributed by atoms with van der Waals surface area (Å²) in [7, 11) is -0.294. The smallest absolute Gasteiger partial charge is 0.243 e. The van der Waals surface area contributed by atoms with Gasteiger partial charge in [-0.15, -0.1) is 0 Å². The zero-order valence-electron chi connectivity index (χ0n) is 20.9. The number of carbonyl (C=O) groups is 1. The van der Waals surface area contributed by atoms with Gasteiger partial charge in [-0.3, -0.25) is 4.79 Å². The molecule has 0 atom stereocenters. The van der Waals surface area contributed by atoms with Gasteiger partial charge in [-0.25, -0.2) is 8.42 Å². The number of sulfonamides is 1. The van der Waals surface area contributed by atoms with Gasteiger partial charge in [-0.1, -0.05) is 46.2 Å². The minimum atomic E-state index is -3.81. The standard InChI is InChI=1S/C25H39N3O4S/c1-7-8-16-28(33(30,31)23-13-11-21(12-14-23)25(2,3)4)20-24(29)27(17-18-32-6)19-22-10-9-15-26(22)5/h9-15H,7-8,16-20H2,1-6H3. The second-order valence-corrected chi connectivity index (χ2v) is 11.3. The number of hydrogen-bond acceptors (Lipinski definition) is 4. The van der Waals surface area contributed by atoms with Gasteiger partial charge < -0.3 is 14.2 Å². The zero-order chi connectivity index (χ0) is 24.6. The summed E-state index contributed by atoms with van der Waals surface area (Å²) in [5.41, 5.74) is 1.96. The number of amides is 1. The summed E-state index contributed by atoms with van der Waals surface area (Å²) < 4.78 is 35.4. The first kappa shape index (κ1) is 27.1. The fraction of sp³-hybridized carbons (Fsp3) is 0.560. The number of unbranched alkanes of at least 4 members (excludes halogenated alkanes) is 1. The summed E-state index contributed by atoms with van der Waals surface area (Å²) in [5, 5.41) is 0. The van der Waals surface area contributed by atoms with E-state index in [-0.39, 0.29) is 22.8 Å². The van der Waals surface area contributed by atoms with Crippen LogP contribution in [0.15, 0.2) is 47.5 Å². The summed E-state index contributed by atoms with van der Waals surface area (Å²) >= 11 is 0. The van der Waals surface area contributed by atoms with Gasteiger partial charge in [-0.05, 0) is 41.7 Å². The maximum absolute atomic E-state index is 13.5. The largest absolute Gasteiger partial charge is 0.383 e. The average Bonchev–Trinajstić information content (AvgIpc) is 3.17. The third kappa shape index (κ3) is 7.42. The number of nitrogens with zero attached hydrogens (tertiary/aromatic N) is 3. The lowest BCUT2D eigenvalue weighted by atomic mass is 9.87. The van der Waals surface area contributed by atoms with Crippen LogP contribution in [-0.2, 0) is 38.6 Å².